The van der Waals surface area contributed by atoms with Gasteiger partial charge in [-0.15, -0.1) is 0 Å². The van der Waals surface area contributed by atoms with Gasteiger partial charge in [0.15, 0.2) is 0 Å². The standard InChI is InChI=1S/C14H14N2O3S/c15-12(20)8-2-1-3-9(6-8)19-5-4-16-13(17)10-7-11(10)14(16)18/h1-3,6,10-11H,4-5,7H2,(H2,15,20). The highest BCUT2D eigenvalue weighted by molar-refractivity contribution is 7.80. The largest absolute Gasteiger partial charge is 0.492 e. The van der Waals surface area contributed by atoms with Crippen LogP contribution in [0.4, 0.5) is 0 Å². The van der Waals surface area contributed by atoms with Crippen LogP contribution in [0, 0.1) is 11.8 Å². The molecule has 5 nitrogen and oxygen atoms in total. The number of hydrogen-bond donors (Lipinski definition) is 1. The van der Waals surface area contributed by atoms with Crippen LogP contribution in [0.5, 0.6) is 5.75 Å². The minimum Gasteiger partial charge on any atom is -0.492 e. The van der Waals surface area contributed by atoms with Gasteiger partial charge in [-0.05, 0) is 18.6 Å². The second kappa shape index (κ2) is 4.86. The molecule has 2 amide bonds. The van der Waals surface area contributed by atoms with E-state index in [0.717, 1.165) is 12.0 Å². The first-order valence-corrected chi connectivity index (χ1v) is 6.86. The topological polar surface area (TPSA) is 72.6 Å². The summed E-state index contributed by atoms with van der Waals surface area (Å²) in [4.78, 5) is 25.1. The zero-order valence-corrected chi connectivity index (χ0v) is 11.6. The van der Waals surface area contributed by atoms with E-state index < -0.39 is 0 Å². The van der Waals surface area contributed by atoms with E-state index in [1.165, 1.54) is 4.90 Å². The molecule has 1 aromatic carbocycles. The van der Waals surface area contributed by atoms with Crippen molar-refractivity contribution in [2.24, 2.45) is 17.6 Å². The van der Waals surface area contributed by atoms with Gasteiger partial charge in [-0.1, -0.05) is 24.4 Å². The van der Waals surface area contributed by atoms with E-state index in [-0.39, 0.29) is 30.3 Å². The van der Waals surface area contributed by atoms with Crippen molar-refractivity contribution in [2.45, 2.75) is 6.42 Å². The summed E-state index contributed by atoms with van der Waals surface area (Å²) in [6.45, 7) is 0.569. The van der Waals surface area contributed by atoms with Gasteiger partial charge in [0.25, 0.3) is 0 Å². The average molecular weight is 290 g/mol. The molecule has 0 bridgehead atoms. The fraction of sp³-hybridized carbons (Fsp3) is 0.357. The summed E-state index contributed by atoms with van der Waals surface area (Å²) in [5, 5.41) is 0. The van der Waals surface area contributed by atoms with Crippen molar-refractivity contribution in [1.29, 1.82) is 0 Å². The Morgan fingerprint density at radius 3 is 2.70 bits per heavy atom. The molecule has 1 saturated heterocycles. The number of fused-ring (bicyclic) bond motifs is 1. The minimum atomic E-state index is -0.0551. The number of imide groups is 1. The fourth-order valence-electron chi connectivity index (χ4n) is 2.46. The quantitative estimate of drug-likeness (QED) is 0.638. The van der Waals surface area contributed by atoms with E-state index >= 15 is 0 Å². The Morgan fingerprint density at radius 2 is 2.05 bits per heavy atom. The van der Waals surface area contributed by atoms with Gasteiger partial charge in [-0.25, -0.2) is 0 Å². The predicted octanol–water partition coefficient (Wildman–Crippen LogP) is 0.704. The molecular formula is C14H14N2O3S. The van der Waals surface area contributed by atoms with Crippen LogP contribution in [-0.2, 0) is 9.59 Å². The van der Waals surface area contributed by atoms with E-state index in [1.807, 2.05) is 0 Å². The Kier molecular flexibility index (Phi) is 3.17. The Bertz CT molecular complexity index is 582. The first kappa shape index (κ1) is 13.1. The molecule has 1 saturated carbocycles. The summed E-state index contributed by atoms with van der Waals surface area (Å²) >= 11 is 4.89. The zero-order valence-electron chi connectivity index (χ0n) is 10.7. The first-order chi connectivity index (χ1) is 9.58. The third-order valence-corrected chi connectivity index (χ3v) is 3.89. The number of ether oxygens (including phenoxy) is 1. The molecule has 2 fully saturated rings. The van der Waals surface area contributed by atoms with Gasteiger partial charge in [0.1, 0.15) is 17.3 Å². The molecule has 0 radical (unpaired) electrons. The number of thiocarbonyl (C=S) groups is 1. The minimum absolute atomic E-state index is 0.0551. The molecular weight excluding hydrogens is 276 g/mol. The lowest BCUT2D eigenvalue weighted by atomic mass is 10.2. The van der Waals surface area contributed by atoms with Crippen LogP contribution in [0.25, 0.3) is 0 Å². The van der Waals surface area contributed by atoms with E-state index in [0.29, 0.717) is 17.3 Å². The predicted molar refractivity (Wildman–Crippen MR) is 76.1 cm³/mol. The molecule has 1 aliphatic heterocycles. The number of carbonyl (C=O) groups excluding carboxylic acids is 2. The first-order valence-electron chi connectivity index (χ1n) is 6.46. The lowest BCUT2D eigenvalue weighted by Crippen LogP contribution is -2.36. The van der Waals surface area contributed by atoms with Crippen molar-refractivity contribution < 1.29 is 14.3 Å². The number of likely N-dealkylation sites (tertiary alicyclic amines) is 1. The molecule has 1 heterocycles. The average Bonchev–Trinajstić information content (AvgIpc) is 3.18. The Morgan fingerprint density at radius 1 is 1.35 bits per heavy atom. The Labute approximate surface area is 121 Å². The molecule has 104 valence electrons. The van der Waals surface area contributed by atoms with Crippen LogP contribution >= 0.6 is 12.2 Å². The zero-order chi connectivity index (χ0) is 14.3. The summed E-state index contributed by atoms with van der Waals surface area (Å²) in [7, 11) is 0. The maximum atomic E-state index is 11.8. The smallest absolute Gasteiger partial charge is 0.233 e. The van der Waals surface area contributed by atoms with E-state index in [4.69, 9.17) is 22.7 Å². The fourth-order valence-corrected chi connectivity index (χ4v) is 2.59. The second-order valence-corrected chi connectivity index (χ2v) is 5.46. The summed E-state index contributed by atoms with van der Waals surface area (Å²) in [5.41, 5.74) is 6.27. The summed E-state index contributed by atoms with van der Waals surface area (Å²) in [5.74, 6) is 0.404. The number of carbonyl (C=O) groups is 2. The maximum absolute atomic E-state index is 11.8. The van der Waals surface area contributed by atoms with Crippen LogP contribution in [0.2, 0.25) is 0 Å². The van der Waals surface area contributed by atoms with Gasteiger partial charge in [-0.2, -0.15) is 0 Å². The number of amides is 2. The molecule has 2 aliphatic rings. The molecule has 3 rings (SSSR count). The number of rotatable bonds is 5. The normalized spacial score (nSPS) is 23.7. The summed E-state index contributed by atoms with van der Waals surface area (Å²) < 4.78 is 5.54. The number of piperidine rings is 1. The van der Waals surface area contributed by atoms with Gasteiger partial charge < -0.3 is 10.5 Å². The number of hydrogen-bond acceptors (Lipinski definition) is 4. The Balaban J connectivity index is 1.55. The van der Waals surface area contributed by atoms with E-state index in [2.05, 4.69) is 0 Å². The van der Waals surface area contributed by atoms with Crippen molar-refractivity contribution in [3.8, 4) is 5.75 Å². The Hall–Kier alpha value is -1.95. The van der Waals surface area contributed by atoms with Crippen LogP contribution in [0.1, 0.15) is 12.0 Å². The summed E-state index contributed by atoms with van der Waals surface area (Å²) in [6.07, 6.45) is 0.727. The van der Waals surface area contributed by atoms with Crippen LogP contribution < -0.4 is 10.5 Å². The van der Waals surface area contributed by atoms with Gasteiger partial charge >= 0.3 is 0 Å². The highest BCUT2D eigenvalue weighted by Crippen LogP contribution is 2.46. The maximum Gasteiger partial charge on any atom is 0.233 e. The lowest BCUT2D eigenvalue weighted by molar-refractivity contribution is -0.141. The third-order valence-electron chi connectivity index (χ3n) is 3.66. The van der Waals surface area contributed by atoms with E-state index in [1.54, 1.807) is 24.3 Å². The van der Waals surface area contributed by atoms with Crippen LogP contribution in [0.15, 0.2) is 24.3 Å². The van der Waals surface area contributed by atoms with Crippen molar-refractivity contribution in [3.63, 3.8) is 0 Å². The third kappa shape index (κ3) is 2.27. The molecule has 1 aromatic rings. The van der Waals surface area contributed by atoms with Gasteiger partial charge in [0.2, 0.25) is 11.8 Å². The van der Waals surface area contributed by atoms with Gasteiger partial charge in [-0.3, -0.25) is 14.5 Å². The molecule has 0 aromatic heterocycles. The number of benzene rings is 1. The van der Waals surface area contributed by atoms with Crippen LogP contribution in [0.3, 0.4) is 0 Å². The van der Waals surface area contributed by atoms with Crippen molar-refractivity contribution >= 4 is 29.0 Å². The van der Waals surface area contributed by atoms with Crippen molar-refractivity contribution in [2.75, 3.05) is 13.2 Å². The molecule has 2 N–H and O–H groups in total. The molecule has 1 aliphatic carbocycles. The highest BCUT2D eigenvalue weighted by Gasteiger charge is 2.58. The molecule has 20 heavy (non-hydrogen) atoms. The lowest BCUT2D eigenvalue weighted by Gasteiger charge is -2.16. The molecule has 6 heteroatoms. The van der Waals surface area contributed by atoms with Crippen molar-refractivity contribution in [1.82, 2.24) is 4.90 Å². The molecule has 2 unspecified atom stereocenters. The number of nitrogens with two attached hydrogens (primary N) is 1. The van der Waals surface area contributed by atoms with Gasteiger partial charge in [0.05, 0.1) is 18.4 Å². The second-order valence-electron chi connectivity index (χ2n) is 5.02. The highest BCUT2D eigenvalue weighted by atomic mass is 32.1. The van der Waals surface area contributed by atoms with E-state index in [9.17, 15) is 9.59 Å². The SMILES string of the molecule is NC(=S)c1cccc(OCCN2C(=O)C3CC3C2=O)c1. The van der Waals surface area contributed by atoms with Crippen LogP contribution in [-0.4, -0.2) is 34.9 Å². The molecule has 0 spiro atoms. The number of nitrogens with zero attached hydrogens (tertiary/aromatic N) is 1. The van der Waals surface area contributed by atoms with Crippen molar-refractivity contribution in [3.05, 3.63) is 29.8 Å². The summed E-state index contributed by atoms with van der Waals surface area (Å²) in [6, 6.07) is 7.13. The molecule has 2 atom stereocenters. The monoisotopic (exact) mass is 290 g/mol. The van der Waals surface area contributed by atoms with Gasteiger partial charge in [0, 0.05) is 5.56 Å².